The molecule has 4 aliphatic rings. The molecule has 4 saturated carbocycles. The first-order valence-electron chi connectivity index (χ1n) is 17.2. The summed E-state index contributed by atoms with van der Waals surface area (Å²) < 4.78 is 0. The maximum Gasteiger partial charge on any atom is -0.00668 e. The Balaban J connectivity index is 1.64. The van der Waals surface area contributed by atoms with Gasteiger partial charge in [0.05, 0.1) is 0 Å². The molecule has 11 unspecified atom stereocenters. The van der Waals surface area contributed by atoms with Crippen molar-refractivity contribution in [2.45, 2.75) is 150 Å². The molecule has 0 radical (unpaired) electrons. The normalized spacial score (nSPS) is 42.6. The van der Waals surface area contributed by atoms with Crippen molar-refractivity contribution in [2.24, 2.45) is 65.1 Å². The van der Waals surface area contributed by atoms with Gasteiger partial charge in [0.1, 0.15) is 0 Å². The summed E-state index contributed by atoms with van der Waals surface area (Å²) in [5.41, 5.74) is 0. The third-order valence-corrected chi connectivity index (χ3v) is 13.0. The highest BCUT2D eigenvalue weighted by molar-refractivity contribution is 7.80. The summed E-state index contributed by atoms with van der Waals surface area (Å²) in [6.45, 7) is 10.2. The van der Waals surface area contributed by atoms with Gasteiger partial charge in [0.15, 0.2) is 0 Å². The zero-order valence-corrected chi connectivity index (χ0v) is 25.8. The van der Waals surface area contributed by atoms with Crippen LogP contribution in [0.25, 0.3) is 0 Å². The molecule has 1 heteroatoms. The van der Waals surface area contributed by atoms with Gasteiger partial charge in [0, 0.05) is 0 Å². The first-order valence-corrected chi connectivity index (χ1v) is 17.8. The Morgan fingerprint density at radius 3 is 2.03 bits per heavy atom. The Morgan fingerprint density at radius 2 is 1.33 bits per heavy atom. The van der Waals surface area contributed by atoms with Crippen molar-refractivity contribution in [3.8, 4) is 0 Å². The van der Waals surface area contributed by atoms with Crippen LogP contribution < -0.4 is 0 Å². The Bertz CT molecular complexity index is 614. The van der Waals surface area contributed by atoms with E-state index in [1.165, 1.54) is 83.5 Å². The standard InChI is InChI=1S/C35H64S/c1-5-7-8-9-18-32(28-20-21-29(24-36)27(23-28)14-6-2)35-33-19-13-12-17-31(33)26(4)22-34(35)30-16-11-10-15-25(30)3/h25-36H,5-24H2,1-4H3. The minimum absolute atomic E-state index is 0.897. The molecule has 0 bridgehead atoms. The average Bonchev–Trinajstić information content (AvgIpc) is 2.90. The number of thiol groups is 1. The Hall–Kier alpha value is 0.350. The van der Waals surface area contributed by atoms with E-state index in [1.807, 2.05) is 0 Å². The second-order valence-corrected chi connectivity index (χ2v) is 14.9. The van der Waals surface area contributed by atoms with E-state index in [2.05, 4.69) is 27.7 Å². The second-order valence-electron chi connectivity index (χ2n) is 14.6. The van der Waals surface area contributed by atoms with Crippen molar-refractivity contribution < 1.29 is 0 Å². The molecule has 0 aromatic rings. The quantitative estimate of drug-likeness (QED) is 0.205. The highest BCUT2D eigenvalue weighted by Gasteiger charge is 2.51. The minimum Gasteiger partial charge on any atom is -0.179 e. The summed E-state index contributed by atoms with van der Waals surface area (Å²) in [5.74, 6) is 12.2. The van der Waals surface area contributed by atoms with Gasteiger partial charge in [-0.15, -0.1) is 0 Å². The molecule has 0 spiro atoms. The van der Waals surface area contributed by atoms with E-state index in [0.717, 1.165) is 70.8 Å². The third kappa shape index (κ3) is 6.91. The molecule has 0 amide bonds. The number of fused-ring (bicyclic) bond motifs is 1. The van der Waals surface area contributed by atoms with Crippen LogP contribution in [0.5, 0.6) is 0 Å². The fraction of sp³-hybridized carbons (Fsp3) is 1.00. The molecule has 11 atom stereocenters. The summed E-state index contributed by atoms with van der Waals surface area (Å²) in [7, 11) is 0. The first kappa shape index (κ1) is 29.3. The topological polar surface area (TPSA) is 0 Å². The molecule has 4 rings (SSSR count). The van der Waals surface area contributed by atoms with Crippen LogP contribution in [0.15, 0.2) is 0 Å². The molecular weight excluding hydrogens is 452 g/mol. The lowest BCUT2D eigenvalue weighted by Gasteiger charge is -2.57. The van der Waals surface area contributed by atoms with E-state index < -0.39 is 0 Å². The molecule has 4 aliphatic carbocycles. The van der Waals surface area contributed by atoms with Crippen LogP contribution in [-0.2, 0) is 0 Å². The maximum absolute atomic E-state index is 4.84. The highest BCUT2D eigenvalue weighted by atomic mass is 32.1. The molecule has 0 aromatic heterocycles. The molecular formula is C35H64S. The molecule has 210 valence electrons. The van der Waals surface area contributed by atoms with Gasteiger partial charge >= 0.3 is 0 Å². The van der Waals surface area contributed by atoms with Crippen molar-refractivity contribution >= 4 is 12.6 Å². The lowest BCUT2D eigenvalue weighted by Crippen LogP contribution is -2.50. The van der Waals surface area contributed by atoms with E-state index in [-0.39, 0.29) is 0 Å². The fourth-order valence-electron chi connectivity index (χ4n) is 10.8. The predicted molar refractivity (Wildman–Crippen MR) is 163 cm³/mol. The average molecular weight is 517 g/mol. The van der Waals surface area contributed by atoms with Crippen molar-refractivity contribution in [2.75, 3.05) is 5.75 Å². The molecule has 0 N–H and O–H groups in total. The summed E-state index contributed by atoms with van der Waals surface area (Å²) in [4.78, 5) is 0. The Morgan fingerprint density at radius 1 is 0.639 bits per heavy atom. The summed E-state index contributed by atoms with van der Waals surface area (Å²) in [5, 5.41) is 0. The van der Waals surface area contributed by atoms with Gasteiger partial charge in [0.25, 0.3) is 0 Å². The zero-order valence-electron chi connectivity index (χ0n) is 24.9. The molecule has 0 aliphatic heterocycles. The Labute approximate surface area is 232 Å². The van der Waals surface area contributed by atoms with Gasteiger partial charge in [-0.1, -0.05) is 98.3 Å². The number of rotatable bonds is 11. The predicted octanol–water partition coefficient (Wildman–Crippen LogP) is 11.2. The van der Waals surface area contributed by atoms with E-state index in [4.69, 9.17) is 12.6 Å². The zero-order chi connectivity index (χ0) is 25.5. The number of unbranched alkanes of at least 4 members (excludes halogenated alkanes) is 3. The largest absolute Gasteiger partial charge is 0.179 e. The van der Waals surface area contributed by atoms with Crippen molar-refractivity contribution in [1.29, 1.82) is 0 Å². The molecule has 36 heavy (non-hydrogen) atoms. The second kappa shape index (κ2) is 14.7. The molecule has 0 heterocycles. The van der Waals surface area contributed by atoms with E-state index >= 15 is 0 Å². The van der Waals surface area contributed by atoms with Crippen molar-refractivity contribution in [3.63, 3.8) is 0 Å². The Kier molecular flexibility index (Phi) is 11.9. The van der Waals surface area contributed by atoms with Crippen LogP contribution in [0, 0.1) is 65.1 Å². The fourth-order valence-corrected chi connectivity index (χ4v) is 11.3. The van der Waals surface area contributed by atoms with Crippen LogP contribution in [0.2, 0.25) is 0 Å². The lowest BCUT2D eigenvalue weighted by atomic mass is 9.48. The van der Waals surface area contributed by atoms with Gasteiger partial charge in [-0.2, -0.15) is 12.6 Å². The summed E-state index contributed by atoms with van der Waals surface area (Å²) in [6, 6.07) is 0. The van der Waals surface area contributed by atoms with Crippen LogP contribution in [0.3, 0.4) is 0 Å². The van der Waals surface area contributed by atoms with Gasteiger partial charge in [-0.25, -0.2) is 0 Å². The van der Waals surface area contributed by atoms with E-state index in [0.29, 0.717) is 0 Å². The van der Waals surface area contributed by atoms with Gasteiger partial charge in [-0.05, 0) is 122 Å². The van der Waals surface area contributed by atoms with Crippen molar-refractivity contribution in [1.82, 2.24) is 0 Å². The van der Waals surface area contributed by atoms with Gasteiger partial charge in [0.2, 0.25) is 0 Å². The van der Waals surface area contributed by atoms with Crippen molar-refractivity contribution in [3.05, 3.63) is 0 Å². The minimum atomic E-state index is 0.897. The first-order chi connectivity index (χ1) is 17.6. The van der Waals surface area contributed by atoms with E-state index in [1.54, 1.807) is 38.5 Å². The van der Waals surface area contributed by atoms with Crippen LogP contribution in [-0.4, -0.2) is 5.75 Å². The summed E-state index contributed by atoms with van der Waals surface area (Å²) >= 11 is 4.84. The number of hydrogen-bond acceptors (Lipinski definition) is 1. The monoisotopic (exact) mass is 516 g/mol. The van der Waals surface area contributed by atoms with E-state index in [9.17, 15) is 0 Å². The molecule has 0 aromatic carbocycles. The third-order valence-electron chi connectivity index (χ3n) is 12.5. The maximum atomic E-state index is 4.84. The molecule has 0 saturated heterocycles. The van der Waals surface area contributed by atoms with Gasteiger partial charge < -0.3 is 0 Å². The molecule has 0 nitrogen and oxygen atoms in total. The van der Waals surface area contributed by atoms with Gasteiger partial charge in [-0.3, -0.25) is 0 Å². The van der Waals surface area contributed by atoms with Crippen LogP contribution in [0.4, 0.5) is 0 Å². The SMILES string of the molecule is CCCCCCC(C1CCC(CS)C(CCC)C1)C1C2CCCCC2C(C)CC1C1CCCCC1C. The van der Waals surface area contributed by atoms with Crippen LogP contribution >= 0.6 is 12.6 Å². The smallest absolute Gasteiger partial charge is 0.00668 e. The number of hydrogen-bond donors (Lipinski definition) is 1. The highest BCUT2D eigenvalue weighted by Crippen LogP contribution is 2.59. The van der Waals surface area contributed by atoms with Crippen LogP contribution in [0.1, 0.15) is 150 Å². The summed E-state index contributed by atoms with van der Waals surface area (Å²) in [6.07, 6.45) is 28.6. The lowest BCUT2D eigenvalue weighted by molar-refractivity contribution is -0.0779. The molecule has 4 fully saturated rings.